The predicted molar refractivity (Wildman–Crippen MR) is 118 cm³/mol. The van der Waals surface area contributed by atoms with Gasteiger partial charge in [0.15, 0.2) is 5.96 Å². The number of rotatable bonds is 11. The standard InChI is InChI=1S/C18H39N5O.HI/c1-5-10-23-12-7-17(8-13-23)16-21-18(19-2)20-9-14-22(3)11-6-15-24-4;/h17H,5-16H2,1-4H3,(H2,19,20,21);1H. The van der Waals surface area contributed by atoms with E-state index in [0.29, 0.717) is 0 Å². The van der Waals surface area contributed by atoms with Crippen molar-refractivity contribution in [2.24, 2.45) is 10.9 Å². The lowest BCUT2D eigenvalue weighted by Crippen LogP contribution is -2.44. The molecule has 7 heteroatoms. The molecule has 0 radical (unpaired) electrons. The molecule has 0 spiro atoms. The first kappa shape index (κ1) is 24.9. The Kier molecular flexibility index (Phi) is 16.0. The van der Waals surface area contributed by atoms with Crippen LogP contribution in [0.1, 0.15) is 32.6 Å². The summed E-state index contributed by atoms with van der Waals surface area (Å²) in [5, 5.41) is 6.91. The van der Waals surface area contributed by atoms with Gasteiger partial charge in [0, 0.05) is 46.9 Å². The van der Waals surface area contributed by atoms with Crippen molar-refractivity contribution in [2.45, 2.75) is 32.6 Å². The summed E-state index contributed by atoms with van der Waals surface area (Å²) < 4.78 is 5.09. The molecule has 1 aliphatic heterocycles. The van der Waals surface area contributed by atoms with Crippen molar-refractivity contribution in [2.75, 3.05) is 73.6 Å². The van der Waals surface area contributed by atoms with E-state index >= 15 is 0 Å². The lowest BCUT2D eigenvalue weighted by Gasteiger charge is -2.32. The maximum Gasteiger partial charge on any atom is 0.191 e. The van der Waals surface area contributed by atoms with E-state index in [0.717, 1.165) is 51.1 Å². The van der Waals surface area contributed by atoms with Gasteiger partial charge in [0.25, 0.3) is 0 Å². The summed E-state index contributed by atoms with van der Waals surface area (Å²) in [7, 11) is 5.75. The molecule has 0 bridgehead atoms. The summed E-state index contributed by atoms with van der Waals surface area (Å²) in [4.78, 5) is 9.24. The summed E-state index contributed by atoms with van der Waals surface area (Å²) in [6, 6.07) is 0. The Bertz CT molecular complexity index is 335. The van der Waals surface area contributed by atoms with Crippen molar-refractivity contribution in [3.8, 4) is 0 Å². The Hall–Kier alpha value is -0.120. The molecule has 0 aromatic carbocycles. The molecule has 0 atom stereocenters. The average molecular weight is 469 g/mol. The van der Waals surface area contributed by atoms with Crippen molar-refractivity contribution < 1.29 is 4.74 Å². The molecule has 1 rings (SSSR count). The second-order valence-electron chi connectivity index (χ2n) is 6.81. The van der Waals surface area contributed by atoms with Gasteiger partial charge in [-0.2, -0.15) is 0 Å². The number of nitrogens with one attached hydrogen (secondary N) is 2. The van der Waals surface area contributed by atoms with Gasteiger partial charge >= 0.3 is 0 Å². The van der Waals surface area contributed by atoms with E-state index in [1.165, 1.54) is 38.9 Å². The van der Waals surface area contributed by atoms with E-state index in [1.807, 2.05) is 7.05 Å². The molecule has 6 nitrogen and oxygen atoms in total. The van der Waals surface area contributed by atoms with E-state index in [-0.39, 0.29) is 24.0 Å². The number of piperidine rings is 1. The number of likely N-dealkylation sites (tertiary alicyclic amines) is 1. The lowest BCUT2D eigenvalue weighted by atomic mass is 9.97. The highest BCUT2D eigenvalue weighted by Gasteiger charge is 2.18. The minimum atomic E-state index is 0. The molecule has 0 amide bonds. The summed E-state index contributed by atoms with van der Waals surface area (Å²) in [5.74, 6) is 1.70. The molecular weight excluding hydrogens is 429 g/mol. The minimum Gasteiger partial charge on any atom is -0.385 e. The maximum absolute atomic E-state index is 5.09. The van der Waals surface area contributed by atoms with Crippen molar-refractivity contribution in [1.29, 1.82) is 0 Å². The second kappa shape index (κ2) is 16.1. The van der Waals surface area contributed by atoms with E-state index in [1.54, 1.807) is 7.11 Å². The highest BCUT2D eigenvalue weighted by molar-refractivity contribution is 14.0. The van der Waals surface area contributed by atoms with Gasteiger partial charge in [-0.25, -0.2) is 0 Å². The molecule has 1 heterocycles. The van der Waals surface area contributed by atoms with Crippen molar-refractivity contribution >= 4 is 29.9 Å². The van der Waals surface area contributed by atoms with Crippen LogP contribution in [0.25, 0.3) is 0 Å². The molecule has 0 aromatic rings. The van der Waals surface area contributed by atoms with E-state index in [9.17, 15) is 0 Å². The van der Waals surface area contributed by atoms with E-state index < -0.39 is 0 Å². The lowest BCUT2D eigenvalue weighted by molar-refractivity contribution is 0.180. The van der Waals surface area contributed by atoms with Crippen LogP contribution in [0.2, 0.25) is 0 Å². The predicted octanol–water partition coefficient (Wildman–Crippen LogP) is 1.86. The van der Waals surface area contributed by atoms with Gasteiger partial charge in [-0.15, -0.1) is 24.0 Å². The number of nitrogens with zero attached hydrogens (tertiary/aromatic N) is 3. The zero-order valence-corrected chi connectivity index (χ0v) is 19.1. The highest BCUT2D eigenvalue weighted by Crippen LogP contribution is 2.16. The zero-order chi connectivity index (χ0) is 17.6. The quantitative estimate of drug-likeness (QED) is 0.210. The Morgan fingerprint density at radius 3 is 2.56 bits per heavy atom. The minimum absolute atomic E-state index is 0. The van der Waals surface area contributed by atoms with Gasteiger partial charge in [0.2, 0.25) is 0 Å². The van der Waals surface area contributed by atoms with Crippen molar-refractivity contribution in [3.05, 3.63) is 0 Å². The van der Waals surface area contributed by atoms with E-state index in [2.05, 4.69) is 39.4 Å². The molecule has 0 saturated carbocycles. The average Bonchev–Trinajstić information content (AvgIpc) is 2.59. The van der Waals surface area contributed by atoms with Crippen LogP contribution in [-0.2, 0) is 4.74 Å². The van der Waals surface area contributed by atoms with Crippen LogP contribution in [0.3, 0.4) is 0 Å². The number of guanidine groups is 1. The molecule has 0 aliphatic carbocycles. The first-order valence-electron chi connectivity index (χ1n) is 9.54. The SMILES string of the molecule is CCCN1CCC(CNC(=NC)NCCN(C)CCCOC)CC1.I. The van der Waals surface area contributed by atoms with Gasteiger partial charge in [-0.1, -0.05) is 6.92 Å². The third-order valence-electron chi connectivity index (χ3n) is 4.70. The van der Waals surface area contributed by atoms with Crippen LogP contribution >= 0.6 is 24.0 Å². The third-order valence-corrected chi connectivity index (χ3v) is 4.70. The topological polar surface area (TPSA) is 52.1 Å². The molecule has 0 aromatic heterocycles. The number of halogens is 1. The summed E-state index contributed by atoms with van der Waals surface area (Å²) in [5.41, 5.74) is 0. The van der Waals surface area contributed by atoms with Gasteiger partial charge < -0.3 is 25.2 Å². The summed E-state index contributed by atoms with van der Waals surface area (Å²) in [6.07, 6.45) is 4.94. The number of hydrogen-bond donors (Lipinski definition) is 2. The normalized spacial score (nSPS) is 16.8. The molecule has 2 N–H and O–H groups in total. The van der Waals surface area contributed by atoms with Gasteiger partial charge in [-0.05, 0) is 58.3 Å². The molecule has 1 fully saturated rings. The van der Waals surface area contributed by atoms with Gasteiger partial charge in [0.05, 0.1) is 0 Å². The van der Waals surface area contributed by atoms with Crippen LogP contribution in [0.15, 0.2) is 4.99 Å². The van der Waals surface area contributed by atoms with Crippen molar-refractivity contribution in [1.82, 2.24) is 20.4 Å². The van der Waals surface area contributed by atoms with Crippen LogP contribution in [0.4, 0.5) is 0 Å². The van der Waals surface area contributed by atoms with Gasteiger partial charge in [-0.3, -0.25) is 4.99 Å². The summed E-state index contributed by atoms with van der Waals surface area (Å²) >= 11 is 0. The molecular formula is C18H40IN5O. The number of ether oxygens (including phenoxy) is 1. The largest absolute Gasteiger partial charge is 0.385 e. The first-order chi connectivity index (χ1) is 11.7. The Balaban J connectivity index is 0.00000576. The van der Waals surface area contributed by atoms with Crippen LogP contribution in [-0.4, -0.2) is 89.4 Å². The van der Waals surface area contributed by atoms with Crippen molar-refractivity contribution in [3.63, 3.8) is 0 Å². The second-order valence-corrected chi connectivity index (χ2v) is 6.81. The van der Waals surface area contributed by atoms with Crippen LogP contribution in [0.5, 0.6) is 0 Å². The Morgan fingerprint density at radius 1 is 1.24 bits per heavy atom. The summed E-state index contributed by atoms with van der Waals surface area (Å²) in [6.45, 7) is 10.9. The highest BCUT2D eigenvalue weighted by atomic mass is 127. The number of likely N-dealkylation sites (N-methyl/N-ethyl adjacent to an activating group) is 1. The molecule has 1 aliphatic rings. The fourth-order valence-corrected chi connectivity index (χ4v) is 3.15. The maximum atomic E-state index is 5.09. The number of methoxy groups -OCH3 is 1. The fraction of sp³-hybridized carbons (Fsp3) is 0.944. The monoisotopic (exact) mass is 469 g/mol. The Labute approximate surface area is 172 Å². The van der Waals surface area contributed by atoms with Crippen LogP contribution < -0.4 is 10.6 Å². The Morgan fingerprint density at radius 2 is 1.96 bits per heavy atom. The van der Waals surface area contributed by atoms with Crippen LogP contribution in [0, 0.1) is 5.92 Å². The molecule has 25 heavy (non-hydrogen) atoms. The molecule has 0 unspecified atom stereocenters. The number of hydrogen-bond acceptors (Lipinski definition) is 4. The first-order valence-corrected chi connectivity index (χ1v) is 9.54. The number of aliphatic imine (C=N–C) groups is 1. The molecule has 150 valence electrons. The fourth-order valence-electron chi connectivity index (χ4n) is 3.15. The molecule has 1 saturated heterocycles. The van der Waals surface area contributed by atoms with E-state index in [4.69, 9.17) is 4.74 Å². The van der Waals surface area contributed by atoms with Gasteiger partial charge in [0.1, 0.15) is 0 Å². The third kappa shape index (κ3) is 12.0. The zero-order valence-electron chi connectivity index (χ0n) is 16.7. The smallest absolute Gasteiger partial charge is 0.191 e.